The summed E-state index contributed by atoms with van der Waals surface area (Å²) in [5.41, 5.74) is 1.52. The topological polar surface area (TPSA) is 102 Å². The summed E-state index contributed by atoms with van der Waals surface area (Å²) in [7, 11) is 1.62. The minimum atomic E-state index is -0.627. The first-order chi connectivity index (χ1) is 16.1. The van der Waals surface area contributed by atoms with Crippen molar-refractivity contribution in [3.05, 3.63) is 74.5 Å². The van der Waals surface area contributed by atoms with Gasteiger partial charge in [0.05, 0.1) is 11.3 Å². The molecule has 2 amide bonds. The molecule has 0 saturated carbocycles. The number of aryl methyl sites for hydroxylation is 1. The number of aromatic nitrogens is 2. The van der Waals surface area contributed by atoms with Crippen molar-refractivity contribution < 1.29 is 14.3 Å². The molecule has 8 nitrogen and oxygen atoms in total. The average Bonchev–Trinajstić information content (AvgIpc) is 3.20. The lowest BCUT2D eigenvalue weighted by molar-refractivity contribution is 0.0948. The van der Waals surface area contributed by atoms with Crippen molar-refractivity contribution in [3.63, 3.8) is 0 Å². The molecule has 2 N–H and O–H groups in total. The Balaban J connectivity index is 1.61. The zero-order chi connectivity index (χ0) is 23.2. The van der Waals surface area contributed by atoms with E-state index >= 15 is 0 Å². The van der Waals surface area contributed by atoms with Crippen LogP contribution in [0.5, 0.6) is 0 Å². The van der Waals surface area contributed by atoms with Crippen LogP contribution in [-0.2, 0) is 17.6 Å². The maximum Gasteiger partial charge on any atom is 0.280 e. The molecule has 2 aromatic heterocycles. The van der Waals surface area contributed by atoms with Crippen molar-refractivity contribution in [2.75, 3.05) is 25.6 Å². The van der Waals surface area contributed by atoms with E-state index in [4.69, 9.17) is 4.74 Å². The van der Waals surface area contributed by atoms with E-state index in [0.717, 1.165) is 41.8 Å². The number of hydrogen-bond acceptors (Lipinski definition) is 6. The first kappa shape index (κ1) is 22.9. The van der Waals surface area contributed by atoms with Crippen LogP contribution >= 0.6 is 11.3 Å². The molecule has 0 saturated heterocycles. The number of fused-ring (bicyclic) bond motifs is 1. The highest BCUT2D eigenvalue weighted by atomic mass is 32.1. The molecule has 0 spiro atoms. The molecule has 1 aliphatic carbocycles. The molecule has 0 unspecified atom stereocenters. The van der Waals surface area contributed by atoms with Crippen molar-refractivity contribution in [1.29, 1.82) is 0 Å². The van der Waals surface area contributed by atoms with E-state index in [-0.39, 0.29) is 11.6 Å². The predicted molar refractivity (Wildman–Crippen MR) is 128 cm³/mol. The van der Waals surface area contributed by atoms with Gasteiger partial charge in [-0.3, -0.25) is 14.4 Å². The molecule has 1 aromatic carbocycles. The second-order valence-electron chi connectivity index (χ2n) is 7.78. The molecule has 2 heterocycles. The van der Waals surface area contributed by atoms with E-state index < -0.39 is 11.3 Å². The minimum Gasteiger partial charge on any atom is -0.385 e. The number of amides is 2. The smallest absolute Gasteiger partial charge is 0.280 e. The number of hydrogen-bond donors (Lipinski definition) is 2. The quantitative estimate of drug-likeness (QED) is 0.497. The van der Waals surface area contributed by atoms with Gasteiger partial charge in [-0.1, -0.05) is 18.2 Å². The Labute approximate surface area is 195 Å². The Hall–Kier alpha value is -3.30. The normalized spacial score (nSPS) is 12.8. The number of benzene rings is 1. The highest BCUT2D eigenvalue weighted by molar-refractivity contribution is 7.17. The zero-order valence-corrected chi connectivity index (χ0v) is 19.2. The van der Waals surface area contributed by atoms with Gasteiger partial charge in [-0.05, 0) is 49.8 Å². The first-order valence-corrected chi connectivity index (χ1v) is 11.8. The maximum atomic E-state index is 13.1. The fraction of sp³-hybridized carbons (Fsp3) is 0.333. The average molecular weight is 467 g/mol. The lowest BCUT2D eigenvalue weighted by Gasteiger charge is -2.13. The van der Waals surface area contributed by atoms with Crippen LogP contribution < -0.4 is 16.1 Å². The maximum absolute atomic E-state index is 13.1. The summed E-state index contributed by atoms with van der Waals surface area (Å²) in [4.78, 5) is 39.6. The fourth-order valence-electron chi connectivity index (χ4n) is 3.85. The van der Waals surface area contributed by atoms with Crippen molar-refractivity contribution in [3.8, 4) is 5.69 Å². The molecule has 0 atom stereocenters. The van der Waals surface area contributed by atoms with Crippen LogP contribution in [0, 0.1) is 0 Å². The third kappa shape index (κ3) is 5.20. The number of rotatable bonds is 8. The summed E-state index contributed by atoms with van der Waals surface area (Å²) >= 11 is 1.41. The lowest BCUT2D eigenvalue weighted by atomic mass is 9.95. The number of anilines is 1. The van der Waals surface area contributed by atoms with Gasteiger partial charge < -0.3 is 15.4 Å². The number of ether oxygens (including phenoxy) is 1. The van der Waals surface area contributed by atoms with Crippen molar-refractivity contribution in [1.82, 2.24) is 15.1 Å². The number of carbonyl (C=O) groups excluding carboxylic acids is 2. The summed E-state index contributed by atoms with van der Waals surface area (Å²) in [6.07, 6.45) is 5.96. The summed E-state index contributed by atoms with van der Waals surface area (Å²) in [5, 5.41) is 10.4. The van der Waals surface area contributed by atoms with Gasteiger partial charge in [0.1, 0.15) is 5.00 Å². The Morgan fingerprint density at radius 1 is 1.12 bits per heavy atom. The molecule has 172 valence electrons. The van der Waals surface area contributed by atoms with Crippen LogP contribution in [0.15, 0.2) is 47.4 Å². The van der Waals surface area contributed by atoms with Crippen molar-refractivity contribution >= 4 is 28.2 Å². The van der Waals surface area contributed by atoms with Gasteiger partial charge in [0, 0.05) is 37.4 Å². The van der Waals surface area contributed by atoms with Gasteiger partial charge in [-0.25, -0.2) is 4.68 Å². The SMILES string of the molecule is COCCCNC(=O)c1c(NC(=O)c2nn(-c3ccccc3)ccc2=O)sc2c1CCCC2. The summed E-state index contributed by atoms with van der Waals surface area (Å²) in [6, 6.07) is 10.6. The Morgan fingerprint density at radius 2 is 1.91 bits per heavy atom. The van der Waals surface area contributed by atoms with Crippen LogP contribution in [0.2, 0.25) is 0 Å². The predicted octanol–water partition coefficient (Wildman–Crippen LogP) is 3.19. The molecule has 0 radical (unpaired) electrons. The summed E-state index contributed by atoms with van der Waals surface area (Å²) < 4.78 is 6.52. The highest BCUT2D eigenvalue weighted by Gasteiger charge is 2.27. The number of para-hydroxylation sites is 1. The number of nitrogens with one attached hydrogen (secondary N) is 2. The highest BCUT2D eigenvalue weighted by Crippen LogP contribution is 2.38. The van der Waals surface area contributed by atoms with Gasteiger partial charge in [-0.2, -0.15) is 5.10 Å². The molecule has 33 heavy (non-hydrogen) atoms. The van der Waals surface area contributed by atoms with E-state index in [1.165, 1.54) is 28.3 Å². The second kappa shape index (κ2) is 10.5. The van der Waals surface area contributed by atoms with Crippen LogP contribution in [0.3, 0.4) is 0 Å². The summed E-state index contributed by atoms with van der Waals surface area (Å²) in [5.74, 6) is -0.846. The first-order valence-electron chi connectivity index (χ1n) is 11.0. The van der Waals surface area contributed by atoms with E-state index in [1.54, 1.807) is 7.11 Å². The van der Waals surface area contributed by atoms with Gasteiger partial charge in [0.2, 0.25) is 5.43 Å². The molecular weight excluding hydrogens is 440 g/mol. The van der Waals surface area contributed by atoms with Crippen LogP contribution in [0.25, 0.3) is 5.69 Å². The lowest BCUT2D eigenvalue weighted by Crippen LogP contribution is -2.29. The van der Waals surface area contributed by atoms with Gasteiger partial charge in [0.25, 0.3) is 11.8 Å². The zero-order valence-electron chi connectivity index (χ0n) is 18.4. The van der Waals surface area contributed by atoms with Crippen molar-refractivity contribution in [2.45, 2.75) is 32.1 Å². The third-order valence-electron chi connectivity index (χ3n) is 5.48. The molecule has 1 aliphatic rings. The number of thiophene rings is 1. The largest absolute Gasteiger partial charge is 0.385 e. The van der Waals surface area contributed by atoms with Gasteiger partial charge in [-0.15, -0.1) is 11.3 Å². The summed E-state index contributed by atoms with van der Waals surface area (Å²) in [6.45, 7) is 1.03. The van der Waals surface area contributed by atoms with Crippen LogP contribution in [-0.4, -0.2) is 41.9 Å². The van der Waals surface area contributed by atoms with Crippen LogP contribution in [0.4, 0.5) is 5.00 Å². The van der Waals surface area contributed by atoms with Crippen molar-refractivity contribution in [2.24, 2.45) is 0 Å². The minimum absolute atomic E-state index is 0.219. The van der Waals surface area contributed by atoms with E-state index in [0.29, 0.717) is 30.1 Å². The van der Waals surface area contributed by atoms with E-state index in [2.05, 4.69) is 15.7 Å². The molecule has 4 rings (SSSR count). The number of carbonyl (C=O) groups is 2. The van der Waals surface area contributed by atoms with E-state index in [9.17, 15) is 14.4 Å². The second-order valence-corrected chi connectivity index (χ2v) is 8.89. The molecule has 0 aliphatic heterocycles. The molecule has 3 aromatic rings. The molecular formula is C24H26N4O4S. The molecule has 9 heteroatoms. The van der Waals surface area contributed by atoms with Gasteiger partial charge >= 0.3 is 0 Å². The Bertz CT molecular complexity index is 1200. The standard InChI is InChI=1S/C24H26N4O4S/c1-32-15-7-13-25-22(30)20-17-10-5-6-11-19(17)33-24(20)26-23(31)21-18(29)12-14-28(27-21)16-8-3-2-4-9-16/h2-4,8-9,12,14H,5-7,10-11,13,15H2,1H3,(H,25,30)(H,26,31). The number of nitrogens with zero attached hydrogens (tertiary/aromatic N) is 2. The fourth-order valence-corrected chi connectivity index (χ4v) is 5.13. The molecule has 0 bridgehead atoms. The monoisotopic (exact) mass is 466 g/mol. The number of methoxy groups -OCH3 is 1. The van der Waals surface area contributed by atoms with Crippen LogP contribution in [0.1, 0.15) is 50.5 Å². The van der Waals surface area contributed by atoms with Gasteiger partial charge in [0.15, 0.2) is 5.69 Å². The Kier molecular flexibility index (Phi) is 7.31. The third-order valence-corrected chi connectivity index (χ3v) is 6.69. The molecule has 0 fully saturated rings. The van der Waals surface area contributed by atoms with E-state index in [1.807, 2.05) is 30.3 Å². The Morgan fingerprint density at radius 3 is 2.70 bits per heavy atom.